The number of rotatable bonds is 7. The first-order valence-electron chi connectivity index (χ1n) is 9.00. The van der Waals surface area contributed by atoms with Crippen LogP contribution in [0.2, 0.25) is 0 Å². The van der Waals surface area contributed by atoms with E-state index in [0.717, 1.165) is 11.1 Å². The number of hydrogen-bond donors (Lipinski definition) is 1. The highest BCUT2D eigenvalue weighted by molar-refractivity contribution is 5.98. The fourth-order valence-corrected chi connectivity index (χ4v) is 3.16. The Bertz CT molecular complexity index is 1010. The number of carboxylic acid groups (broad SMARTS) is 1. The van der Waals surface area contributed by atoms with E-state index in [1.165, 1.54) is 4.90 Å². The van der Waals surface area contributed by atoms with E-state index < -0.39 is 12.5 Å². The minimum Gasteiger partial charge on any atom is -0.496 e. The van der Waals surface area contributed by atoms with E-state index in [0.29, 0.717) is 16.8 Å². The number of para-hydroxylation sites is 1. The highest BCUT2D eigenvalue weighted by Gasteiger charge is 2.21. The molecule has 1 N–H and O–H groups in total. The van der Waals surface area contributed by atoms with Gasteiger partial charge in [-0.2, -0.15) is 0 Å². The maximum Gasteiger partial charge on any atom is 0.323 e. The van der Waals surface area contributed by atoms with Crippen LogP contribution in [0.25, 0.3) is 11.0 Å². The van der Waals surface area contributed by atoms with Gasteiger partial charge in [-0.05, 0) is 38.1 Å². The summed E-state index contributed by atoms with van der Waals surface area (Å²) in [5.74, 6) is -0.834. The van der Waals surface area contributed by atoms with Crippen molar-refractivity contribution >= 4 is 22.9 Å². The van der Waals surface area contributed by atoms with E-state index in [1.807, 2.05) is 28.8 Å². The third-order valence-electron chi connectivity index (χ3n) is 4.55. The van der Waals surface area contributed by atoms with Crippen LogP contribution in [0.3, 0.4) is 0 Å². The largest absolute Gasteiger partial charge is 0.496 e. The number of nitrogens with zero attached hydrogens (tertiary/aromatic N) is 3. The van der Waals surface area contributed by atoms with Crippen LogP contribution in [-0.4, -0.2) is 45.1 Å². The second kappa shape index (κ2) is 8.12. The molecule has 0 saturated carbocycles. The molecule has 0 spiro atoms. The summed E-state index contributed by atoms with van der Waals surface area (Å²) >= 11 is 0. The van der Waals surface area contributed by atoms with E-state index in [-0.39, 0.29) is 18.5 Å². The predicted molar refractivity (Wildman–Crippen MR) is 105 cm³/mol. The Kier molecular flexibility index (Phi) is 5.63. The van der Waals surface area contributed by atoms with Crippen LogP contribution in [0.5, 0.6) is 5.75 Å². The molecule has 3 aromatic rings. The molecule has 0 atom stereocenters. The quantitative estimate of drug-likeness (QED) is 0.678. The zero-order chi connectivity index (χ0) is 20.3. The van der Waals surface area contributed by atoms with E-state index in [9.17, 15) is 14.7 Å². The van der Waals surface area contributed by atoms with Gasteiger partial charge in [0.1, 0.15) is 12.3 Å². The number of carbonyl (C=O) groups excluding carboxylic acids is 1. The van der Waals surface area contributed by atoms with E-state index in [2.05, 4.69) is 18.8 Å². The normalized spacial score (nSPS) is 11.0. The molecule has 1 heterocycles. The number of carboxylic acids is 1. The van der Waals surface area contributed by atoms with Gasteiger partial charge in [0.2, 0.25) is 0 Å². The lowest BCUT2D eigenvalue weighted by atomic mass is 10.1. The van der Waals surface area contributed by atoms with E-state index in [4.69, 9.17) is 4.74 Å². The summed E-state index contributed by atoms with van der Waals surface area (Å²) in [5.41, 5.74) is 2.77. The molecule has 0 saturated heterocycles. The SMILES string of the molecule is COc1ccccc1CN(CC(=O)O)C(=O)c1ccc2c(c1)ncn2C(C)C. The van der Waals surface area contributed by atoms with Crippen LogP contribution >= 0.6 is 0 Å². The van der Waals surface area contributed by atoms with Crippen molar-refractivity contribution in [1.82, 2.24) is 14.5 Å². The van der Waals surface area contributed by atoms with Crippen LogP contribution < -0.4 is 4.74 Å². The Hall–Kier alpha value is -3.35. The van der Waals surface area contributed by atoms with Gasteiger partial charge in [0.05, 0.1) is 31.0 Å². The van der Waals surface area contributed by atoms with Crippen molar-refractivity contribution in [3.8, 4) is 5.75 Å². The molecule has 0 aliphatic rings. The van der Waals surface area contributed by atoms with Gasteiger partial charge in [-0.15, -0.1) is 0 Å². The summed E-state index contributed by atoms with van der Waals surface area (Å²) < 4.78 is 7.34. The molecule has 7 nitrogen and oxygen atoms in total. The molecule has 0 aliphatic carbocycles. The van der Waals surface area contributed by atoms with Crippen molar-refractivity contribution in [1.29, 1.82) is 0 Å². The molecule has 7 heteroatoms. The van der Waals surface area contributed by atoms with Gasteiger partial charge in [-0.3, -0.25) is 9.59 Å². The zero-order valence-corrected chi connectivity index (χ0v) is 16.1. The summed E-state index contributed by atoms with van der Waals surface area (Å²) in [6, 6.07) is 12.8. The number of methoxy groups -OCH3 is 1. The summed E-state index contributed by atoms with van der Waals surface area (Å²) in [6.45, 7) is 3.84. The Balaban J connectivity index is 1.93. The lowest BCUT2D eigenvalue weighted by Crippen LogP contribution is -2.35. The van der Waals surface area contributed by atoms with Gasteiger partial charge >= 0.3 is 5.97 Å². The average Bonchev–Trinajstić information content (AvgIpc) is 3.10. The standard InChI is InChI=1S/C21H23N3O4/c1-14(2)24-13-22-17-10-15(8-9-18(17)24)21(27)23(12-20(25)26)11-16-6-4-5-7-19(16)28-3/h4-10,13-14H,11-12H2,1-3H3,(H,25,26). The molecule has 28 heavy (non-hydrogen) atoms. The highest BCUT2D eigenvalue weighted by atomic mass is 16.5. The molecule has 2 aromatic carbocycles. The molecule has 0 radical (unpaired) electrons. The Morgan fingerprint density at radius 1 is 1.21 bits per heavy atom. The van der Waals surface area contributed by atoms with Crippen LogP contribution in [0, 0.1) is 0 Å². The molecular weight excluding hydrogens is 358 g/mol. The number of hydrogen-bond acceptors (Lipinski definition) is 4. The number of ether oxygens (including phenoxy) is 1. The van der Waals surface area contributed by atoms with Crippen LogP contribution in [-0.2, 0) is 11.3 Å². The Morgan fingerprint density at radius 3 is 2.64 bits per heavy atom. The number of imidazole rings is 1. The number of aromatic nitrogens is 2. The van der Waals surface area contributed by atoms with Crippen molar-refractivity contribution in [2.45, 2.75) is 26.4 Å². The number of aliphatic carboxylic acids is 1. The molecule has 0 bridgehead atoms. The van der Waals surface area contributed by atoms with Gasteiger partial charge in [-0.25, -0.2) is 4.98 Å². The molecule has 1 amide bonds. The van der Waals surface area contributed by atoms with Crippen LogP contribution in [0.1, 0.15) is 35.8 Å². The minimum absolute atomic E-state index is 0.133. The van der Waals surface area contributed by atoms with Gasteiger partial charge < -0.3 is 19.3 Å². The van der Waals surface area contributed by atoms with Gasteiger partial charge in [0.25, 0.3) is 5.91 Å². The number of amides is 1. The molecule has 146 valence electrons. The van der Waals surface area contributed by atoms with Crippen LogP contribution in [0.15, 0.2) is 48.8 Å². The van der Waals surface area contributed by atoms with Crippen molar-refractivity contribution < 1.29 is 19.4 Å². The molecule has 3 rings (SSSR count). The summed E-state index contributed by atoms with van der Waals surface area (Å²) in [6.07, 6.45) is 1.74. The Labute approximate surface area is 163 Å². The second-order valence-corrected chi connectivity index (χ2v) is 6.82. The number of benzene rings is 2. The topological polar surface area (TPSA) is 84.7 Å². The zero-order valence-electron chi connectivity index (χ0n) is 16.1. The fourth-order valence-electron chi connectivity index (χ4n) is 3.16. The fraction of sp³-hybridized carbons (Fsp3) is 0.286. The molecular formula is C21H23N3O4. The highest BCUT2D eigenvalue weighted by Crippen LogP contribution is 2.22. The lowest BCUT2D eigenvalue weighted by Gasteiger charge is -2.22. The third kappa shape index (κ3) is 3.98. The second-order valence-electron chi connectivity index (χ2n) is 6.82. The van der Waals surface area contributed by atoms with E-state index in [1.54, 1.807) is 31.6 Å². The lowest BCUT2D eigenvalue weighted by molar-refractivity contribution is -0.137. The van der Waals surface area contributed by atoms with Crippen molar-refractivity contribution in [3.05, 3.63) is 59.9 Å². The molecule has 0 fully saturated rings. The Morgan fingerprint density at radius 2 is 1.96 bits per heavy atom. The molecule has 0 aliphatic heterocycles. The van der Waals surface area contributed by atoms with Gasteiger partial charge in [-0.1, -0.05) is 18.2 Å². The number of fused-ring (bicyclic) bond motifs is 1. The third-order valence-corrected chi connectivity index (χ3v) is 4.55. The first-order chi connectivity index (χ1) is 13.4. The van der Waals surface area contributed by atoms with E-state index >= 15 is 0 Å². The number of carbonyl (C=O) groups is 2. The first-order valence-corrected chi connectivity index (χ1v) is 9.00. The minimum atomic E-state index is -1.08. The van der Waals surface area contributed by atoms with Crippen molar-refractivity contribution in [3.63, 3.8) is 0 Å². The predicted octanol–water partition coefficient (Wildman–Crippen LogP) is 3.35. The van der Waals surface area contributed by atoms with Gasteiger partial charge in [0, 0.05) is 17.2 Å². The summed E-state index contributed by atoms with van der Waals surface area (Å²) in [4.78, 5) is 30.1. The maximum atomic E-state index is 13.1. The summed E-state index contributed by atoms with van der Waals surface area (Å²) in [5, 5.41) is 9.28. The van der Waals surface area contributed by atoms with Crippen molar-refractivity contribution in [2.75, 3.05) is 13.7 Å². The maximum absolute atomic E-state index is 13.1. The average molecular weight is 381 g/mol. The summed E-state index contributed by atoms with van der Waals surface area (Å²) in [7, 11) is 1.54. The molecule has 1 aromatic heterocycles. The first kappa shape index (κ1) is 19.4. The van der Waals surface area contributed by atoms with Crippen LogP contribution in [0.4, 0.5) is 0 Å². The monoisotopic (exact) mass is 381 g/mol. The molecule has 0 unspecified atom stereocenters. The van der Waals surface area contributed by atoms with Crippen molar-refractivity contribution in [2.24, 2.45) is 0 Å². The van der Waals surface area contributed by atoms with Gasteiger partial charge in [0.15, 0.2) is 0 Å². The smallest absolute Gasteiger partial charge is 0.323 e.